The summed E-state index contributed by atoms with van der Waals surface area (Å²) < 4.78 is 3.04. The van der Waals surface area contributed by atoms with Gasteiger partial charge in [-0.25, -0.2) is 9.35 Å². The van der Waals surface area contributed by atoms with Gasteiger partial charge in [0.25, 0.3) is 0 Å². The van der Waals surface area contributed by atoms with Gasteiger partial charge in [0.1, 0.15) is 0 Å². The Balaban J connectivity index is 2.18. The fourth-order valence-corrected chi connectivity index (χ4v) is 1.00. The van der Waals surface area contributed by atoms with Crippen LogP contribution in [-0.2, 0) is 0 Å². The van der Waals surface area contributed by atoms with Gasteiger partial charge in [-0.3, -0.25) is 0 Å². The Morgan fingerprint density at radius 1 is 0.857 bits per heavy atom. The van der Waals surface area contributed by atoms with Crippen LogP contribution in [0, 0.1) is 0 Å². The topological polar surface area (TPSA) is 86.6 Å². The number of nitrogens with two attached hydrogens (primary N) is 2. The number of aromatic nitrogens is 2. The Bertz CT molecular complexity index is 419. The van der Waals surface area contributed by atoms with E-state index in [0.29, 0.717) is 11.4 Å². The number of nitrogen functional groups attached to an aromatic ring is 2. The summed E-state index contributed by atoms with van der Waals surface area (Å²) in [5.41, 5.74) is 12.1. The highest BCUT2D eigenvalue weighted by molar-refractivity contribution is 5.61. The molecule has 0 aliphatic heterocycles. The zero-order valence-corrected chi connectivity index (χ0v) is 7.41. The van der Waals surface area contributed by atoms with Crippen molar-refractivity contribution in [3.63, 3.8) is 0 Å². The van der Waals surface area contributed by atoms with Crippen molar-refractivity contribution in [1.82, 2.24) is 9.35 Å². The van der Waals surface area contributed by atoms with Crippen molar-refractivity contribution in [3.8, 4) is 0 Å². The minimum atomic E-state index is 0.497. The average Bonchev–Trinajstić information content (AvgIpc) is 2.74. The van der Waals surface area contributed by atoms with Gasteiger partial charge in [-0.2, -0.15) is 0 Å². The first-order valence-corrected chi connectivity index (χ1v) is 4.04. The lowest BCUT2D eigenvalue weighted by Gasteiger charge is -1.90. The van der Waals surface area contributed by atoms with Crippen LogP contribution in [0.2, 0.25) is 0 Å². The van der Waals surface area contributed by atoms with Crippen LogP contribution in [0.1, 0.15) is 0 Å². The van der Waals surface area contributed by atoms with Crippen molar-refractivity contribution in [2.45, 2.75) is 0 Å². The quantitative estimate of drug-likeness (QED) is 0.695. The Kier molecular flexibility index (Phi) is 1.94. The van der Waals surface area contributed by atoms with Crippen molar-refractivity contribution in [2.24, 2.45) is 10.4 Å². The predicted octanol–water partition coefficient (Wildman–Crippen LogP) is 1.13. The lowest BCUT2D eigenvalue weighted by atomic mass is 10.5. The Morgan fingerprint density at radius 2 is 1.36 bits per heavy atom. The van der Waals surface area contributed by atoms with Crippen LogP contribution < -0.4 is 11.5 Å². The van der Waals surface area contributed by atoms with Crippen LogP contribution in [0.15, 0.2) is 47.4 Å². The van der Waals surface area contributed by atoms with Gasteiger partial charge in [-0.05, 0) is 22.6 Å². The van der Waals surface area contributed by atoms with E-state index in [4.69, 9.17) is 11.5 Å². The first-order chi connectivity index (χ1) is 6.75. The molecule has 0 radical (unpaired) electrons. The molecule has 4 N–H and O–H groups in total. The third kappa shape index (κ3) is 1.58. The summed E-state index contributed by atoms with van der Waals surface area (Å²) in [6.45, 7) is 0. The first-order valence-electron chi connectivity index (χ1n) is 4.04. The van der Waals surface area contributed by atoms with Crippen molar-refractivity contribution in [1.29, 1.82) is 0 Å². The second-order valence-corrected chi connectivity index (χ2v) is 2.79. The maximum Gasteiger partial charge on any atom is 0.0750 e. The fraction of sp³-hybridized carbons (Fsp3) is 0. The maximum absolute atomic E-state index is 5.54. The summed E-state index contributed by atoms with van der Waals surface area (Å²) in [7, 11) is 0. The Labute approximate surface area is 80.4 Å². The summed E-state index contributed by atoms with van der Waals surface area (Å²) in [6, 6.07) is 3.72. The van der Waals surface area contributed by atoms with Crippen LogP contribution in [0.5, 0.6) is 0 Å². The first kappa shape index (κ1) is 8.36. The molecule has 0 unspecified atom stereocenters. The van der Waals surface area contributed by atoms with E-state index in [9.17, 15) is 0 Å². The number of anilines is 2. The molecule has 0 amide bonds. The molecule has 0 aliphatic carbocycles. The zero-order chi connectivity index (χ0) is 9.97. The summed E-state index contributed by atoms with van der Waals surface area (Å²) >= 11 is 0. The molecule has 0 bridgehead atoms. The highest BCUT2D eigenvalue weighted by Gasteiger charge is 1.96. The summed E-state index contributed by atoms with van der Waals surface area (Å²) in [5, 5.41) is 7.76. The fourth-order valence-electron chi connectivity index (χ4n) is 1.00. The molecule has 0 fully saturated rings. The average molecular weight is 190 g/mol. The van der Waals surface area contributed by atoms with Gasteiger partial charge in [0, 0.05) is 12.4 Å². The van der Waals surface area contributed by atoms with Crippen molar-refractivity contribution < 1.29 is 0 Å². The van der Waals surface area contributed by atoms with Gasteiger partial charge < -0.3 is 11.5 Å². The van der Waals surface area contributed by atoms with Crippen LogP contribution >= 0.6 is 0 Å². The lowest BCUT2D eigenvalue weighted by Crippen LogP contribution is -1.87. The third-order valence-electron chi connectivity index (χ3n) is 1.71. The SMILES string of the molecule is Nc1cn(/N=N/n2cccc2)cc1N. The van der Waals surface area contributed by atoms with E-state index in [0.717, 1.165) is 0 Å². The molecule has 0 saturated heterocycles. The highest BCUT2D eigenvalue weighted by atomic mass is 15.6. The summed E-state index contributed by atoms with van der Waals surface area (Å²) in [6.07, 6.45) is 6.75. The second-order valence-electron chi connectivity index (χ2n) is 2.79. The predicted molar refractivity (Wildman–Crippen MR) is 53.3 cm³/mol. The Morgan fingerprint density at radius 3 is 1.93 bits per heavy atom. The smallest absolute Gasteiger partial charge is 0.0750 e. The number of nitrogens with zero attached hydrogens (tertiary/aromatic N) is 4. The standard InChI is InChI=1S/C8H10N6/c9-7-5-14(6-8(7)10)12-11-13-3-1-2-4-13/h1-6H,9-10H2/b12-11+. The molecule has 0 aromatic carbocycles. The van der Waals surface area contributed by atoms with Crippen molar-refractivity contribution in [2.75, 3.05) is 11.5 Å². The molecule has 2 aromatic rings. The van der Waals surface area contributed by atoms with Gasteiger partial charge >= 0.3 is 0 Å². The minimum Gasteiger partial charge on any atom is -0.396 e. The molecule has 2 aromatic heterocycles. The molecular weight excluding hydrogens is 180 g/mol. The molecule has 0 saturated carbocycles. The summed E-state index contributed by atoms with van der Waals surface area (Å²) in [4.78, 5) is 0. The number of hydrogen-bond donors (Lipinski definition) is 2. The van der Waals surface area contributed by atoms with Crippen LogP contribution in [0.3, 0.4) is 0 Å². The Hall–Kier alpha value is -2.24. The number of hydrogen-bond acceptors (Lipinski definition) is 4. The van der Waals surface area contributed by atoms with E-state index in [1.165, 1.54) is 4.68 Å². The van der Waals surface area contributed by atoms with Gasteiger partial charge in [0.2, 0.25) is 0 Å². The van der Waals surface area contributed by atoms with Gasteiger partial charge in [-0.15, -0.1) is 0 Å². The van der Waals surface area contributed by atoms with E-state index in [1.807, 2.05) is 12.1 Å². The largest absolute Gasteiger partial charge is 0.396 e. The van der Waals surface area contributed by atoms with E-state index in [2.05, 4.69) is 10.4 Å². The molecular formula is C8H10N6. The molecule has 0 atom stereocenters. The van der Waals surface area contributed by atoms with Crippen molar-refractivity contribution >= 4 is 11.4 Å². The number of rotatable bonds is 2. The lowest BCUT2D eigenvalue weighted by molar-refractivity contribution is 0.692. The van der Waals surface area contributed by atoms with E-state index in [1.54, 1.807) is 29.5 Å². The molecule has 0 aliphatic rings. The monoisotopic (exact) mass is 190 g/mol. The molecule has 14 heavy (non-hydrogen) atoms. The van der Waals surface area contributed by atoms with E-state index < -0.39 is 0 Å². The molecule has 6 nitrogen and oxygen atoms in total. The molecule has 2 rings (SSSR count). The zero-order valence-electron chi connectivity index (χ0n) is 7.41. The molecule has 0 spiro atoms. The second kappa shape index (κ2) is 3.25. The van der Waals surface area contributed by atoms with Crippen LogP contribution in [0.25, 0.3) is 0 Å². The highest BCUT2D eigenvalue weighted by Crippen LogP contribution is 2.14. The normalized spacial score (nSPS) is 11.1. The van der Waals surface area contributed by atoms with Gasteiger partial charge in [-0.1, -0.05) is 0 Å². The molecule has 2 heterocycles. The third-order valence-corrected chi connectivity index (χ3v) is 1.71. The van der Waals surface area contributed by atoms with Crippen LogP contribution in [0.4, 0.5) is 11.4 Å². The maximum atomic E-state index is 5.54. The summed E-state index contributed by atoms with van der Waals surface area (Å²) in [5.74, 6) is 0. The molecule has 72 valence electrons. The van der Waals surface area contributed by atoms with Crippen LogP contribution in [-0.4, -0.2) is 9.35 Å². The van der Waals surface area contributed by atoms with Crippen molar-refractivity contribution in [3.05, 3.63) is 36.9 Å². The molecule has 6 heteroatoms. The van der Waals surface area contributed by atoms with Gasteiger partial charge in [0.15, 0.2) is 0 Å². The minimum absolute atomic E-state index is 0.497. The van der Waals surface area contributed by atoms with E-state index >= 15 is 0 Å². The van der Waals surface area contributed by atoms with Gasteiger partial charge in [0.05, 0.1) is 23.8 Å². The van der Waals surface area contributed by atoms with E-state index in [-0.39, 0.29) is 0 Å².